The first-order chi connectivity index (χ1) is 21.4. The predicted molar refractivity (Wildman–Crippen MR) is 157 cm³/mol. The van der Waals surface area contributed by atoms with E-state index in [-0.39, 0.29) is 17.7 Å². The first kappa shape index (κ1) is 28.7. The summed E-state index contributed by atoms with van der Waals surface area (Å²) in [6.07, 6.45) is -3.11. The van der Waals surface area contributed by atoms with Gasteiger partial charge in [0.2, 0.25) is 0 Å². The smallest absolute Gasteiger partial charge is 0.338 e. The highest BCUT2D eigenvalue weighted by atomic mass is 16.7. The third kappa shape index (κ3) is 5.77. The van der Waals surface area contributed by atoms with Crippen LogP contribution in [0.1, 0.15) is 48.7 Å². The summed E-state index contributed by atoms with van der Waals surface area (Å²) in [5.74, 6) is -1.92. The van der Waals surface area contributed by atoms with Crippen molar-refractivity contribution in [3.05, 3.63) is 125 Å². The van der Waals surface area contributed by atoms with E-state index in [4.69, 9.17) is 18.9 Å². The second-order valence-corrected chi connectivity index (χ2v) is 10.2. The molecule has 1 saturated heterocycles. The fourth-order valence-corrected chi connectivity index (χ4v) is 5.15. The number of fused-ring (bicyclic) bond motifs is 1. The van der Waals surface area contributed by atoms with Crippen LogP contribution in [0.15, 0.2) is 97.3 Å². The van der Waals surface area contributed by atoms with Crippen molar-refractivity contribution in [2.75, 3.05) is 6.61 Å². The Balaban J connectivity index is 1.39. The van der Waals surface area contributed by atoms with Gasteiger partial charge in [0.25, 0.3) is 0 Å². The molecule has 0 bridgehead atoms. The molecule has 5 aromatic rings. The van der Waals surface area contributed by atoms with E-state index in [0.29, 0.717) is 28.0 Å². The van der Waals surface area contributed by atoms with Crippen molar-refractivity contribution >= 4 is 28.9 Å². The topological polar surface area (TPSA) is 132 Å². The van der Waals surface area contributed by atoms with E-state index >= 15 is 0 Å². The summed E-state index contributed by atoms with van der Waals surface area (Å²) in [5.41, 5.74) is 2.69. The van der Waals surface area contributed by atoms with Crippen molar-refractivity contribution in [1.29, 1.82) is 0 Å². The van der Waals surface area contributed by atoms with Crippen LogP contribution in [0.5, 0.6) is 0 Å². The third-order valence-electron chi connectivity index (χ3n) is 7.27. The van der Waals surface area contributed by atoms with Crippen LogP contribution in [-0.4, -0.2) is 62.6 Å². The highest BCUT2D eigenvalue weighted by molar-refractivity contribution is 5.91. The fourth-order valence-electron chi connectivity index (χ4n) is 5.15. The Bertz CT molecular complexity index is 1800. The molecule has 4 atom stereocenters. The maximum absolute atomic E-state index is 13.4. The molecule has 11 nitrogen and oxygen atoms in total. The quantitative estimate of drug-likeness (QED) is 0.185. The number of ether oxygens (including phenoxy) is 4. The van der Waals surface area contributed by atoms with Crippen molar-refractivity contribution < 1.29 is 33.3 Å². The Kier molecular flexibility index (Phi) is 8.11. The van der Waals surface area contributed by atoms with Gasteiger partial charge in [-0.3, -0.25) is 0 Å². The first-order valence-electron chi connectivity index (χ1n) is 14.0. The number of rotatable bonds is 8. The average Bonchev–Trinajstić information content (AvgIpc) is 3.57. The van der Waals surface area contributed by atoms with Gasteiger partial charge >= 0.3 is 17.9 Å². The van der Waals surface area contributed by atoms with Crippen LogP contribution in [-0.2, 0) is 18.9 Å². The highest BCUT2D eigenvalue weighted by Gasteiger charge is 2.52. The molecule has 1 aliphatic rings. The number of nitrogens with zero attached hydrogens (tertiary/aromatic N) is 4. The molecule has 11 heteroatoms. The summed E-state index contributed by atoms with van der Waals surface area (Å²) < 4.78 is 25.5. The van der Waals surface area contributed by atoms with Crippen molar-refractivity contribution in [3.63, 3.8) is 0 Å². The molecule has 222 valence electrons. The van der Waals surface area contributed by atoms with E-state index in [9.17, 15) is 14.4 Å². The predicted octanol–water partition coefficient (Wildman–Crippen LogP) is 4.65. The summed E-state index contributed by atoms with van der Waals surface area (Å²) >= 11 is 0. The van der Waals surface area contributed by atoms with Crippen LogP contribution in [0.4, 0.5) is 0 Å². The molecule has 44 heavy (non-hydrogen) atoms. The molecule has 1 aliphatic heterocycles. The molecular formula is C33H28N4O7. The number of aryl methyl sites for hydroxylation is 2. The number of hydrogen-bond acceptors (Lipinski definition) is 10. The Morgan fingerprint density at radius 1 is 0.705 bits per heavy atom. The number of hydrogen-bond donors (Lipinski definition) is 0. The second-order valence-electron chi connectivity index (χ2n) is 10.2. The van der Waals surface area contributed by atoms with Gasteiger partial charge in [-0.25, -0.2) is 29.0 Å². The second kappa shape index (κ2) is 12.4. The molecule has 0 aliphatic carbocycles. The van der Waals surface area contributed by atoms with Crippen molar-refractivity contribution in [2.45, 2.75) is 38.4 Å². The van der Waals surface area contributed by atoms with Gasteiger partial charge in [-0.1, -0.05) is 54.6 Å². The molecule has 0 amide bonds. The van der Waals surface area contributed by atoms with Crippen molar-refractivity contribution in [2.24, 2.45) is 0 Å². The van der Waals surface area contributed by atoms with Gasteiger partial charge in [-0.05, 0) is 50.2 Å². The molecule has 0 saturated carbocycles. The maximum Gasteiger partial charge on any atom is 0.338 e. The van der Waals surface area contributed by atoms with Crippen LogP contribution < -0.4 is 0 Å². The van der Waals surface area contributed by atoms with Crippen LogP contribution in [0, 0.1) is 13.8 Å². The standard InChI is InChI=1S/C33H28N4O7/c1-20-26-21(2)36-37(29(26)35-19-34-20)30-28(44-33(40)24-16-10-5-11-17-24)27(43-32(39)23-14-8-4-9-15-23)25(42-30)18-41-31(38)22-12-6-3-7-13-22/h3-17,19,25,27-28,30H,18H2,1-2H3/t25-,27-,28-,30-/m1/s1. The lowest BCUT2D eigenvalue weighted by Gasteiger charge is -2.24. The molecule has 3 heterocycles. The Labute approximate surface area is 252 Å². The molecule has 0 radical (unpaired) electrons. The zero-order chi connectivity index (χ0) is 30.6. The molecule has 6 rings (SSSR count). The third-order valence-corrected chi connectivity index (χ3v) is 7.27. The van der Waals surface area contributed by atoms with Gasteiger partial charge in [-0.2, -0.15) is 5.10 Å². The van der Waals surface area contributed by atoms with E-state index in [2.05, 4.69) is 15.1 Å². The lowest BCUT2D eigenvalue weighted by atomic mass is 10.1. The largest absolute Gasteiger partial charge is 0.459 e. The van der Waals surface area contributed by atoms with Gasteiger partial charge in [-0.15, -0.1) is 0 Å². The van der Waals surface area contributed by atoms with Crippen LogP contribution in [0.25, 0.3) is 11.0 Å². The lowest BCUT2D eigenvalue weighted by Crippen LogP contribution is -2.41. The van der Waals surface area contributed by atoms with E-state index < -0.39 is 42.4 Å². The number of carbonyl (C=O) groups excluding carboxylic acids is 3. The summed E-state index contributed by atoms with van der Waals surface area (Å²) in [5, 5.41) is 5.37. The molecule has 2 aromatic heterocycles. The fraction of sp³-hybridized carbons (Fsp3) is 0.212. The van der Waals surface area contributed by atoms with E-state index in [1.54, 1.807) is 97.9 Å². The Hall–Kier alpha value is -5.42. The van der Waals surface area contributed by atoms with Gasteiger partial charge in [0.15, 0.2) is 24.1 Å². The van der Waals surface area contributed by atoms with E-state index in [0.717, 1.165) is 0 Å². The highest BCUT2D eigenvalue weighted by Crippen LogP contribution is 2.37. The number of esters is 3. The van der Waals surface area contributed by atoms with Gasteiger partial charge in [0, 0.05) is 0 Å². The summed E-state index contributed by atoms with van der Waals surface area (Å²) in [6.45, 7) is 3.34. The van der Waals surface area contributed by atoms with Crippen molar-refractivity contribution in [3.8, 4) is 0 Å². The average molecular weight is 593 g/mol. The molecule has 0 unspecified atom stereocenters. The number of aromatic nitrogens is 4. The Morgan fingerprint density at radius 3 is 1.80 bits per heavy atom. The molecule has 0 spiro atoms. The normalized spacial score (nSPS) is 19.4. The minimum Gasteiger partial charge on any atom is -0.459 e. The van der Waals surface area contributed by atoms with Crippen LogP contribution >= 0.6 is 0 Å². The molecule has 3 aromatic carbocycles. The summed E-state index contributed by atoms with van der Waals surface area (Å²) in [6, 6.07) is 25.3. The molecule has 0 N–H and O–H groups in total. The maximum atomic E-state index is 13.4. The van der Waals surface area contributed by atoms with Gasteiger partial charge in [0.05, 0.1) is 33.5 Å². The van der Waals surface area contributed by atoms with E-state index in [1.807, 2.05) is 6.92 Å². The Morgan fingerprint density at radius 2 is 1.23 bits per heavy atom. The summed E-state index contributed by atoms with van der Waals surface area (Å²) in [7, 11) is 0. The number of carbonyl (C=O) groups is 3. The van der Waals surface area contributed by atoms with E-state index in [1.165, 1.54) is 11.0 Å². The van der Waals surface area contributed by atoms with Gasteiger partial charge < -0.3 is 18.9 Å². The monoisotopic (exact) mass is 592 g/mol. The first-order valence-corrected chi connectivity index (χ1v) is 14.0. The zero-order valence-corrected chi connectivity index (χ0v) is 23.9. The molecular weight excluding hydrogens is 564 g/mol. The van der Waals surface area contributed by atoms with Crippen LogP contribution in [0.2, 0.25) is 0 Å². The van der Waals surface area contributed by atoms with Crippen LogP contribution in [0.3, 0.4) is 0 Å². The van der Waals surface area contributed by atoms with Crippen molar-refractivity contribution in [1.82, 2.24) is 19.7 Å². The minimum atomic E-state index is -1.20. The summed E-state index contributed by atoms with van der Waals surface area (Å²) in [4.78, 5) is 48.3. The lowest BCUT2D eigenvalue weighted by molar-refractivity contribution is -0.0655. The number of benzene rings is 3. The molecule has 1 fully saturated rings. The zero-order valence-electron chi connectivity index (χ0n) is 23.9. The minimum absolute atomic E-state index is 0.285. The van der Waals surface area contributed by atoms with Gasteiger partial charge in [0.1, 0.15) is 19.0 Å². The SMILES string of the molecule is Cc1ncnc2c1c(C)nn2[C@@H]1O[C@H](COC(=O)c2ccccc2)[C@@H](OC(=O)c2ccccc2)[C@H]1OC(=O)c1ccccc1.